The van der Waals surface area contributed by atoms with E-state index in [-0.39, 0.29) is 6.04 Å². The summed E-state index contributed by atoms with van der Waals surface area (Å²) in [5, 5.41) is 4.20. The Kier molecular flexibility index (Phi) is 3.39. The molecule has 0 aliphatic carbocycles. The second-order valence-corrected chi connectivity index (χ2v) is 4.49. The Morgan fingerprint density at radius 1 is 1.33 bits per heavy atom. The van der Waals surface area contributed by atoms with E-state index >= 15 is 0 Å². The molecule has 4 nitrogen and oxygen atoms in total. The Labute approximate surface area is 107 Å². The second-order valence-electron chi connectivity index (χ2n) is 4.49. The lowest BCUT2D eigenvalue weighted by atomic mass is 9.96. The summed E-state index contributed by atoms with van der Waals surface area (Å²) in [4.78, 5) is 0. The average Bonchev–Trinajstić information content (AvgIpc) is 2.73. The van der Waals surface area contributed by atoms with Crippen molar-refractivity contribution in [1.29, 1.82) is 0 Å². The Morgan fingerprint density at radius 3 is 2.72 bits per heavy atom. The number of methoxy groups -OCH3 is 1. The zero-order chi connectivity index (χ0) is 13.3. The smallest absolute Gasteiger partial charge is 0.161 e. The van der Waals surface area contributed by atoms with E-state index in [0.717, 1.165) is 17.0 Å². The van der Waals surface area contributed by atoms with Gasteiger partial charge >= 0.3 is 0 Å². The molecular weight excluding hydrogens is 226 g/mol. The standard InChI is InChI=1S/C14H19N3O/c1-9-6-5-7-11(10(9)2)13(15)14-12(18-4)8-16-17(14)3/h5-8,13H,15H2,1-4H3. The molecule has 0 aliphatic rings. The lowest BCUT2D eigenvalue weighted by molar-refractivity contribution is 0.406. The van der Waals surface area contributed by atoms with Gasteiger partial charge in [-0.3, -0.25) is 4.68 Å². The van der Waals surface area contributed by atoms with Crippen LogP contribution < -0.4 is 10.5 Å². The third-order valence-electron chi connectivity index (χ3n) is 3.45. The molecule has 2 N–H and O–H groups in total. The van der Waals surface area contributed by atoms with Gasteiger partial charge in [-0.25, -0.2) is 0 Å². The van der Waals surface area contributed by atoms with Gasteiger partial charge in [0, 0.05) is 7.05 Å². The quantitative estimate of drug-likeness (QED) is 0.901. The Balaban J connectivity index is 2.51. The molecule has 0 saturated heterocycles. The number of nitrogens with zero attached hydrogens (tertiary/aromatic N) is 2. The van der Waals surface area contributed by atoms with E-state index in [0.29, 0.717) is 0 Å². The molecule has 0 amide bonds. The molecule has 2 aromatic rings. The Hall–Kier alpha value is -1.81. The summed E-state index contributed by atoms with van der Waals surface area (Å²) < 4.78 is 7.08. The van der Waals surface area contributed by atoms with Crippen molar-refractivity contribution in [2.24, 2.45) is 12.8 Å². The maximum atomic E-state index is 6.37. The molecule has 0 saturated carbocycles. The van der Waals surface area contributed by atoms with Crippen molar-refractivity contribution < 1.29 is 4.74 Å². The van der Waals surface area contributed by atoms with E-state index in [9.17, 15) is 0 Å². The third-order valence-corrected chi connectivity index (χ3v) is 3.45. The van der Waals surface area contributed by atoms with Gasteiger partial charge in [0.25, 0.3) is 0 Å². The first kappa shape index (κ1) is 12.6. The Morgan fingerprint density at radius 2 is 2.06 bits per heavy atom. The summed E-state index contributed by atoms with van der Waals surface area (Å²) >= 11 is 0. The van der Waals surface area contributed by atoms with E-state index in [1.165, 1.54) is 11.1 Å². The number of nitrogens with two attached hydrogens (primary N) is 1. The van der Waals surface area contributed by atoms with Gasteiger partial charge in [0.2, 0.25) is 0 Å². The summed E-state index contributed by atoms with van der Waals surface area (Å²) in [6.07, 6.45) is 1.69. The van der Waals surface area contributed by atoms with Crippen LogP contribution >= 0.6 is 0 Å². The molecule has 96 valence electrons. The van der Waals surface area contributed by atoms with E-state index < -0.39 is 0 Å². The summed E-state index contributed by atoms with van der Waals surface area (Å²) in [5.74, 6) is 0.728. The van der Waals surface area contributed by atoms with E-state index in [2.05, 4.69) is 31.1 Å². The van der Waals surface area contributed by atoms with Gasteiger partial charge in [0.15, 0.2) is 5.75 Å². The monoisotopic (exact) mass is 245 g/mol. The van der Waals surface area contributed by atoms with Gasteiger partial charge in [-0.15, -0.1) is 0 Å². The molecule has 18 heavy (non-hydrogen) atoms. The Bertz CT molecular complexity index is 560. The van der Waals surface area contributed by atoms with Crippen LogP contribution in [-0.2, 0) is 7.05 Å². The van der Waals surface area contributed by atoms with Crippen LogP contribution in [0.4, 0.5) is 0 Å². The molecular formula is C14H19N3O. The molecule has 1 aromatic heterocycles. The SMILES string of the molecule is COc1cnn(C)c1C(N)c1cccc(C)c1C. The number of rotatable bonds is 3. The molecule has 0 bridgehead atoms. The van der Waals surface area contributed by atoms with Crippen LogP contribution in [0.1, 0.15) is 28.4 Å². The predicted molar refractivity (Wildman–Crippen MR) is 71.7 cm³/mol. The number of aromatic nitrogens is 2. The first-order valence-corrected chi connectivity index (χ1v) is 5.93. The number of hydrogen-bond donors (Lipinski definition) is 1. The number of hydrogen-bond acceptors (Lipinski definition) is 3. The second kappa shape index (κ2) is 4.82. The maximum absolute atomic E-state index is 6.37. The molecule has 4 heteroatoms. The summed E-state index contributed by atoms with van der Waals surface area (Å²) in [6, 6.07) is 5.94. The zero-order valence-electron chi connectivity index (χ0n) is 11.3. The molecule has 1 heterocycles. The highest BCUT2D eigenvalue weighted by atomic mass is 16.5. The zero-order valence-corrected chi connectivity index (χ0v) is 11.3. The van der Waals surface area contributed by atoms with Crippen molar-refractivity contribution in [2.75, 3.05) is 7.11 Å². The van der Waals surface area contributed by atoms with Gasteiger partial charge in [0.05, 0.1) is 19.3 Å². The fourth-order valence-corrected chi connectivity index (χ4v) is 2.20. The van der Waals surface area contributed by atoms with Crippen LogP contribution in [-0.4, -0.2) is 16.9 Å². The van der Waals surface area contributed by atoms with E-state index in [1.54, 1.807) is 18.0 Å². The van der Waals surface area contributed by atoms with Gasteiger partial charge in [0.1, 0.15) is 5.69 Å². The fourth-order valence-electron chi connectivity index (χ4n) is 2.20. The van der Waals surface area contributed by atoms with Crippen molar-refractivity contribution in [1.82, 2.24) is 9.78 Å². The van der Waals surface area contributed by atoms with Gasteiger partial charge in [-0.05, 0) is 30.5 Å². The molecule has 0 spiro atoms. The van der Waals surface area contributed by atoms with Crippen LogP contribution in [0.5, 0.6) is 5.75 Å². The van der Waals surface area contributed by atoms with Crippen molar-refractivity contribution in [2.45, 2.75) is 19.9 Å². The predicted octanol–water partition coefficient (Wildman–Crippen LogP) is 2.09. The molecule has 0 aliphatic heterocycles. The fraction of sp³-hybridized carbons (Fsp3) is 0.357. The first-order chi connectivity index (χ1) is 8.56. The average molecular weight is 245 g/mol. The highest BCUT2D eigenvalue weighted by molar-refractivity contribution is 5.42. The number of aryl methyl sites for hydroxylation is 2. The number of benzene rings is 1. The minimum Gasteiger partial charge on any atom is -0.493 e. The van der Waals surface area contributed by atoms with Crippen molar-refractivity contribution in [3.05, 3.63) is 46.8 Å². The normalized spacial score (nSPS) is 12.5. The molecule has 2 rings (SSSR count). The third kappa shape index (κ3) is 1.99. The largest absolute Gasteiger partial charge is 0.493 e. The van der Waals surface area contributed by atoms with Gasteiger partial charge in [-0.2, -0.15) is 5.10 Å². The highest BCUT2D eigenvalue weighted by Crippen LogP contribution is 2.30. The maximum Gasteiger partial charge on any atom is 0.161 e. The number of ether oxygens (including phenoxy) is 1. The lowest BCUT2D eigenvalue weighted by Crippen LogP contribution is -2.18. The van der Waals surface area contributed by atoms with Gasteiger partial charge < -0.3 is 10.5 Å². The minimum atomic E-state index is -0.229. The van der Waals surface area contributed by atoms with Gasteiger partial charge in [-0.1, -0.05) is 18.2 Å². The lowest BCUT2D eigenvalue weighted by Gasteiger charge is -2.17. The van der Waals surface area contributed by atoms with Crippen LogP contribution in [0.15, 0.2) is 24.4 Å². The topological polar surface area (TPSA) is 53.1 Å². The summed E-state index contributed by atoms with van der Waals surface area (Å²) in [7, 11) is 3.51. The minimum absolute atomic E-state index is 0.229. The molecule has 1 unspecified atom stereocenters. The van der Waals surface area contributed by atoms with Crippen LogP contribution in [0.3, 0.4) is 0 Å². The molecule has 1 atom stereocenters. The van der Waals surface area contributed by atoms with E-state index in [1.807, 2.05) is 13.1 Å². The molecule has 0 radical (unpaired) electrons. The summed E-state index contributed by atoms with van der Waals surface area (Å²) in [6.45, 7) is 4.18. The molecule has 1 aromatic carbocycles. The van der Waals surface area contributed by atoms with Crippen molar-refractivity contribution in [3.63, 3.8) is 0 Å². The van der Waals surface area contributed by atoms with E-state index in [4.69, 9.17) is 10.5 Å². The van der Waals surface area contributed by atoms with Crippen LogP contribution in [0.2, 0.25) is 0 Å². The van der Waals surface area contributed by atoms with Crippen LogP contribution in [0.25, 0.3) is 0 Å². The highest BCUT2D eigenvalue weighted by Gasteiger charge is 2.20. The first-order valence-electron chi connectivity index (χ1n) is 5.93. The molecule has 0 fully saturated rings. The van der Waals surface area contributed by atoms with Crippen molar-refractivity contribution in [3.8, 4) is 5.75 Å². The van der Waals surface area contributed by atoms with Crippen LogP contribution in [0, 0.1) is 13.8 Å². The summed E-state index contributed by atoms with van der Waals surface area (Å²) in [5.41, 5.74) is 10.8. The van der Waals surface area contributed by atoms with Crippen molar-refractivity contribution >= 4 is 0 Å².